The molecule has 2 aromatic rings. The highest BCUT2D eigenvalue weighted by Crippen LogP contribution is 2.18. The van der Waals surface area contributed by atoms with Gasteiger partial charge in [-0.15, -0.1) is 0 Å². The molecule has 0 saturated carbocycles. The maximum atomic E-state index is 13.1. The Morgan fingerprint density at radius 2 is 1.89 bits per heavy atom. The van der Waals surface area contributed by atoms with Crippen LogP contribution >= 0.6 is 0 Å². The minimum atomic E-state index is -0.825. The summed E-state index contributed by atoms with van der Waals surface area (Å²) in [6.45, 7) is 7.59. The van der Waals surface area contributed by atoms with Crippen LogP contribution in [0.4, 0.5) is 0 Å². The number of aliphatic hydroxyl groups is 1. The highest BCUT2D eigenvalue weighted by atomic mass is 16.5. The number of carbonyl (C=O) groups excluding carboxylic acids is 2. The molecule has 0 saturated heterocycles. The van der Waals surface area contributed by atoms with Crippen molar-refractivity contribution in [3.8, 4) is 5.75 Å². The number of fused-ring (bicyclic) bond motifs is 2. The van der Waals surface area contributed by atoms with E-state index >= 15 is 0 Å². The van der Waals surface area contributed by atoms with E-state index in [0.717, 1.165) is 36.1 Å². The Bertz CT molecular complexity index is 1030. The lowest BCUT2D eigenvalue weighted by atomic mass is 9.99. The molecule has 0 radical (unpaired) electrons. The smallest absolute Gasteiger partial charge is 0.242 e. The number of rotatable bonds is 6. The molecule has 202 valence electrons. The van der Waals surface area contributed by atoms with Crippen molar-refractivity contribution in [3.05, 3.63) is 65.2 Å². The Labute approximate surface area is 221 Å². The molecule has 2 amide bonds. The largest absolute Gasteiger partial charge is 0.494 e. The van der Waals surface area contributed by atoms with Crippen molar-refractivity contribution >= 4 is 11.8 Å². The summed E-state index contributed by atoms with van der Waals surface area (Å²) in [6.07, 6.45) is 2.53. The first kappa shape index (κ1) is 28.7. The topological polar surface area (TPSA) is 90.9 Å². The van der Waals surface area contributed by atoms with Crippen LogP contribution in [0.2, 0.25) is 0 Å². The molecule has 1 heterocycles. The number of carbonyl (C=O) groups is 2. The molecule has 0 fully saturated rings. The number of likely N-dealkylation sites (N-methyl/N-ethyl adjacent to an activating group) is 1. The average Bonchev–Trinajstić information content (AvgIpc) is 2.89. The number of amides is 2. The number of nitrogens with one attached hydrogen (secondary N) is 2. The molecular weight excluding hydrogens is 466 g/mol. The maximum Gasteiger partial charge on any atom is 0.242 e. The maximum absolute atomic E-state index is 13.1. The minimum Gasteiger partial charge on any atom is -0.494 e. The van der Waals surface area contributed by atoms with Crippen LogP contribution in [0.15, 0.2) is 48.5 Å². The first-order valence-electron chi connectivity index (χ1n) is 13.5. The molecule has 2 aromatic carbocycles. The highest BCUT2D eigenvalue weighted by Gasteiger charge is 2.27. The van der Waals surface area contributed by atoms with Gasteiger partial charge >= 0.3 is 0 Å². The van der Waals surface area contributed by atoms with Gasteiger partial charge in [-0.05, 0) is 67.3 Å². The van der Waals surface area contributed by atoms with Crippen LogP contribution in [-0.2, 0) is 22.6 Å². The quantitative estimate of drug-likeness (QED) is 0.551. The first-order chi connectivity index (χ1) is 17.7. The Morgan fingerprint density at radius 3 is 2.68 bits per heavy atom. The molecule has 3 N–H and O–H groups in total. The van der Waals surface area contributed by atoms with Gasteiger partial charge in [0.2, 0.25) is 11.8 Å². The number of aliphatic hydroxyl groups excluding tert-OH is 1. The fraction of sp³-hybridized carbons (Fsp3) is 0.533. The minimum absolute atomic E-state index is 0.0525. The fourth-order valence-corrected chi connectivity index (χ4v) is 4.48. The monoisotopic (exact) mass is 509 g/mol. The summed E-state index contributed by atoms with van der Waals surface area (Å²) in [5.74, 6) is 0.898. The van der Waals surface area contributed by atoms with E-state index in [4.69, 9.17) is 4.74 Å². The van der Waals surface area contributed by atoms with E-state index in [2.05, 4.69) is 48.7 Å². The number of ether oxygens (including phenoxy) is 1. The molecule has 2 bridgehead atoms. The zero-order chi connectivity index (χ0) is 26.8. The fourth-order valence-electron chi connectivity index (χ4n) is 4.48. The Kier molecular flexibility index (Phi) is 11.0. The molecule has 0 spiro atoms. The van der Waals surface area contributed by atoms with Crippen LogP contribution in [-0.4, -0.2) is 60.2 Å². The lowest BCUT2D eigenvalue weighted by Gasteiger charge is -2.29. The summed E-state index contributed by atoms with van der Waals surface area (Å²) in [6, 6.07) is 15.1. The average molecular weight is 510 g/mol. The van der Waals surface area contributed by atoms with Crippen LogP contribution in [0.1, 0.15) is 69.1 Å². The third kappa shape index (κ3) is 8.86. The van der Waals surface area contributed by atoms with Gasteiger partial charge in [-0.2, -0.15) is 0 Å². The number of hydrogen-bond donors (Lipinski definition) is 3. The summed E-state index contributed by atoms with van der Waals surface area (Å²) in [5, 5.41) is 17.5. The molecular formula is C30H43N3O4. The van der Waals surface area contributed by atoms with Gasteiger partial charge in [0.1, 0.15) is 11.8 Å². The van der Waals surface area contributed by atoms with Gasteiger partial charge < -0.3 is 25.4 Å². The zero-order valence-electron chi connectivity index (χ0n) is 22.7. The van der Waals surface area contributed by atoms with Gasteiger partial charge in [0, 0.05) is 26.6 Å². The van der Waals surface area contributed by atoms with E-state index in [1.807, 2.05) is 24.3 Å². The molecule has 0 aromatic heterocycles. The van der Waals surface area contributed by atoms with Crippen molar-refractivity contribution in [2.45, 2.75) is 83.5 Å². The molecule has 7 heteroatoms. The van der Waals surface area contributed by atoms with E-state index in [0.29, 0.717) is 38.5 Å². The normalized spacial score (nSPS) is 20.9. The van der Waals surface area contributed by atoms with Crippen molar-refractivity contribution in [3.63, 3.8) is 0 Å². The molecule has 1 aliphatic rings. The molecule has 0 aliphatic carbocycles. The summed E-state index contributed by atoms with van der Waals surface area (Å²) in [4.78, 5) is 27.2. The molecule has 3 rings (SSSR count). The zero-order valence-corrected chi connectivity index (χ0v) is 22.7. The first-order valence-corrected chi connectivity index (χ1v) is 13.5. The van der Waals surface area contributed by atoms with Crippen molar-refractivity contribution in [1.82, 2.24) is 15.5 Å². The van der Waals surface area contributed by atoms with Crippen molar-refractivity contribution in [2.24, 2.45) is 0 Å². The Hall–Kier alpha value is -2.90. The molecule has 37 heavy (non-hydrogen) atoms. The van der Waals surface area contributed by atoms with Gasteiger partial charge in [-0.1, -0.05) is 50.2 Å². The van der Waals surface area contributed by atoms with Gasteiger partial charge in [0.15, 0.2) is 0 Å². The van der Waals surface area contributed by atoms with Gasteiger partial charge in [0.25, 0.3) is 0 Å². The van der Waals surface area contributed by atoms with Gasteiger partial charge in [-0.25, -0.2) is 0 Å². The van der Waals surface area contributed by atoms with E-state index in [1.54, 1.807) is 14.0 Å². The molecule has 7 nitrogen and oxygen atoms in total. The number of nitrogens with zero attached hydrogens (tertiary/aromatic N) is 1. The van der Waals surface area contributed by atoms with Crippen LogP contribution in [0.25, 0.3) is 0 Å². The summed E-state index contributed by atoms with van der Waals surface area (Å²) < 4.78 is 5.91. The van der Waals surface area contributed by atoms with Crippen molar-refractivity contribution in [1.29, 1.82) is 0 Å². The number of hydrogen-bond acceptors (Lipinski definition) is 5. The molecule has 3 unspecified atom stereocenters. The highest BCUT2D eigenvalue weighted by molar-refractivity contribution is 5.87. The molecule has 1 aliphatic heterocycles. The van der Waals surface area contributed by atoms with Gasteiger partial charge in [-0.3, -0.25) is 9.59 Å². The predicted octanol–water partition coefficient (Wildman–Crippen LogP) is 3.79. The van der Waals surface area contributed by atoms with Crippen LogP contribution < -0.4 is 15.4 Å². The summed E-state index contributed by atoms with van der Waals surface area (Å²) >= 11 is 0. The summed E-state index contributed by atoms with van der Waals surface area (Å²) in [7, 11) is 1.67. The van der Waals surface area contributed by atoms with Crippen molar-refractivity contribution in [2.75, 3.05) is 20.2 Å². The second kappa shape index (κ2) is 14.1. The SMILES string of the molecule is CC(C)c1cccc(CNCC(O)C2Cc3cccc(c3)OCCCCCC(=O)N(C)C(C)C(=O)N2)c1. The Balaban J connectivity index is 1.73. The standard InChI is InChI=1S/C30H43N3O4/c1-21(2)25-12-8-11-24(16-25)19-31-20-28(34)27-18-23-10-9-13-26(17-23)37-15-7-5-6-14-29(35)33(4)22(3)30(36)32-27/h8-13,16-17,21-22,27-28,31,34H,5-7,14-15,18-20H2,1-4H3,(H,32,36). The van der Waals surface area contributed by atoms with Gasteiger partial charge in [0.05, 0.1) is 18.8 Å². The van der Waals surface area contributed by atoms with Crippen LogP contribution in [0.5, 0.6) is 5.75 Å². The van der Waals surface area contributed by atoms with Crippen LogP contribution in [0.3, 0.4) is 0 Å². The third-order valence-electron chi connectivity index (χ3n) is 7.10. The predicted molar refractivity (Wildman–Crippen MR) is 147 cm³/mol. The lowest BCUT2D eigenvalue weighted by molar-refractivity contribution is -0.139. The van der Waals surface area contributed by atoms with E-state index in [1.165, 1.54) is 10.5 Å². The lowest BCUT2D eigenvalue weighted by Crippen LogP contribution is -2.54. The molecule has 3 atom stereocenters. The van der Waals surface area contributed by atoms with E-state index in [-0.39, 0.29) is 11.8 Å². The third-order valence-corrected chi connectivity index (χ3v) is 7.10. The van der Waals surface area contributed by atoms with E-state index in [9.17, 15) is 14.7 Å². The second-order valence-corrected chi connectivity index (χ2v) is 10.4. The summed E-state index contributed by atoms with van der Waals surface area (Å²) in [5.41, 5.74) is 3.40. The Morgan fingerprint density at radius 1 is 1.11 bits per heavy atom. The van der Waals surface area contributed by atoms with Crippen molar-refractivity contribution < 1.29 is 19.4 Å². The van der Waals surface area contributed by atoms with Crippen LogP contribution in [0, 0.1) is 0 Å². The van der Waals surface area contributed by atoms with E-state index < -0.39 is 18.2 Å². The second-order valence-electron chi connectivity index (χ2n) is 10.4. The number of benzene rings is 2.